The molecule has 2 aromatic carbocycles. The summed E-state index contributed by atoms with van der Waals surface area (Å²) in [6, 6.07) is 13.6. The second-order valence-corrected chi connectivity index (χ2v) is 9.22. The second-order valence-electron chi connectivity index (χ2n) is 9.22. The van der Waals surface area contributed by atoms with Gasteiger partial charge in [0.1, 0.15) is 24.7 Å². The van der Waals surface area contributed by atoms with Gasteiger partial charge >= 0.3 is 0 Å². The van der Waals surface area contributed by atoms with Crippen LogP contribution < -0.4 is 9.64 Å². The zero-order chi connectivity index (χ0) is 24.6. The standard InChI is InChI=1S/C27H29FN4O3/c1-3-30(15-19-14-29-31(4-2)16-19)25(33)17-32-24-8-6-5-7-22(24)23-13-27(23,26(32)34)18-35-21-11-9-20(28)10-12-21/h5-12,14,16,23H,3-4,13,15,17-18H2,1-2H3. The van der Waals surface area contributed by atoms with Crippen molar-refractivity contribution in [3.8, 4) is 5.75 Å². The minimum Gasteiger partial charge on any atom is -0.492 e. The molecule has 1 aromatic heterocycles. The van der Waals surface area contributed by atoms with E-state index in [1.54, 1.807) is 28.1 Å². The fourth-order valence-corrected chi connectivity index (χ4v) is 4.97. The number of carbonyl (C=O) groups is 2. The fraction of sp³-hybridized carbons (Fsp3) is 0.370. The van der Waals surface area contributed by atoms with E-state index < -0.39 is 5.41 Å². The molecule has 3 aromatic rings. The van der Waals surface area contributed by atoms with Crippen molar-refractivity contribution in [2.24, 2.45) is 5.41 Å². The lowest BCUT2D eigenvalue weighted by Gasteiger charge is -2.35. The van der Waals surface area contributed by atoms with Crippen LogP contribution in [-0.2, 0) is 22.7 Å². The molecule has 0 N–H and O–H groups in total. The Hall–Kier alpha value is -3.68. The molecule has 0 spiro atoms. The number of fused-ring (bicyclic) bond motifs is 3. The topological polar surface area (TPSA) is 67.7 Å². The second kappa shape index (κ2) is 9.17. The Kier molecular flexibility index (Phi) is 6.05. The molecule has 2 unspecified atom stereocenters. The van der Waals surface area contributed by atoms with E-state index in [0.717, 1.165) is 23.4 Å². The molecule has 5 rings (SSSR count). The Morgan fingerprint density at radius 1 is 1.20 bits per heavy atom. The number of amides is 2. The van der Waals surface area contributed by atoms with Gasteiger partial charge in [0.05, 0.1) is 11.6 Å². The first kappa shape index (κ1) is 23.1. The Labute approximate surface area is 204 Å². The summed E-state index contributed by atoms with van der Waals surface area (Å²) >= 11 is 0. The molecule has 2 atom stereocenters. The number of carbonyl (C=O) groups excluding carboxylic acids is 2. The average Bonchev–Trinajstić information content (AvgIpc) is 3.46. The summed E-state index contributed by atoms with van der Waals surface area (Å²) in [5, 5.41) is 4.29. The van der Waals surface area contributed by atoms with Crippen molar-refractivity contribution in [2.45, 2.75) is 39.3 Å². The number of nitrogens with zero attached hydrogens (tertiary/aromatic N) is 4. The molecule has 0 bridgehead atoms. The Morgan fingerprint density at radius 3 is 2.69 bits per heavy atom. The third-order valence-electron chi connectivity index (χ3n) is 7.07. The predicted octanol–water partition coefficient (Wildman–Crippen LogP) is 3.99. The van der Waals surface area contributed by atoms with Crippen LogP contribution in [0.3, 0.4) is 0 Å². The Bertz CT molecular complexity index is 1240. The van der Waals surface area contributed by atoms with Crippen LogP contribution in [0.5, 0.6) is 5.75 Å². The van der Waals surface area contributed by atoms with Gasteiger partial charge in [-0.1, -0.05) is 18.2 Å². The molecule has 8 heteroatoms. The van der Waals surface area contributed by atoms with Crippen LogP contribution >= 0.6 is 0 Å². The molecule has 7 nitrogen and oxygen atoms in total. The van der Waals surface area contributed by atoms with Gasteiger partial charge in [-0.3, -0.25) is 14.3 Å². The van der Waals surface area contributed by atoms with Crippen molar-refractivity contribution >= 4 is 17.5 Å². The van der Waals surface area contributed by atoms with Crippen molar-refractivity contribution in [1.29, 1.82) is 0 Å². The van der Waals surface area contributed by atoms with Gasteiger partial charge in [-0.15, -0.1) is 0 Å². The Balaban J connectivity index is 1.35. The normalized spacial score (nSPS) is 20.3. The summed E-state index contributed by atoms with van der Waals surface area (Å²) in [7, 11) is 0. The van der Waals surface area contributed by atoms with E-state index in [1.165, 1.54) is 12.1 Å². The highest BCUT2D eigenvalue weighted by Gasteiger charge is 2.66. The molecular weight excluding hydrogens is 447 g/mol. The number of halogens is 1. The van der Waals surface area contributed by atoms with Crippen molar-refractivity contribution in [3.05, 3.63) is 77.9 Å². The molecule has 182 valence electrons. The van der Waals surface area contributed by atoms with Crippen molar-refractivity contribution < 1.29 is 18.7 Å². The number of hydrogen-bond acceptors (Lipinski definition) is 4. The number of rotatable bonds is 9. The van der Waals surface area contributed by atoms with Crippen LogP contribution in [0, 0.1) is 11.2 Å². The molecule has 1 aliphatic carbocycles. The summed E-state index contributed by atoms with van der Waals surface area (Å²) in [5.74, 6) is 0.0282. The van der Waals surface area contributed by atoms with Crippen molar-refractivity contribution in [2.75, 3.05) is 24.6 Å². The van der Waals surface area contributed by atoms with E-state index in [1.807, 2.05) is 49.0 Å². The van der Waals surface area contributed by atoms with E-state index in [2.05, 4.69) is 5.10 Å². The predicted molar refractivity (Wildman–Crippen MR) is 129 cm³/mol. The molecule has 2 heterocycles. The molecular formula is C27H29FN4O3. The van der Waals surface area contributed by atoms with Gasteiger partial charge in [0.2, 0.25) is 11.8 Å². The minimum absolute atomic E-state index is 0.0311. The van der Waals surface area contributed by atoms with Gasteiger partial charge < -0.3 is 14.5 Å². The largest absolute Gasteiger partial charge is 0.492 e. The highest BCUT2D eigenvalue weighted by atomic mass is 19.1. The van der Waals surface area contributed by atoms with Crippen LogP contribution in [0.4, 0.5) is 10.1 Å². The van der Waals surface area contributed by atoms with Gasteiger partial charge in [0.25, 0.3) is 0 Å². The van der Waals surface area contributed by atoms with E-state index in [0.29, 0.717) is 25.3 Å². The third-order valence-corrected chi connectivity index (χ3v) is 7.07. The number of hydrogen-bond donors (Lipinski definition) is 0. The van der Waals surface area contributed by atoms with Gasteiger partial charge in [-0.25, -0.2) is 4.39 Å². The number of benzene rings is 2. The minimum atomic E-state index is -0.706. The molecule has 1 aliphatic heterocycles. The highest BCUT2D eigenvalue weighted by Crippen LogP contribution is 2.65. The number of aryl methyl sites for hydroxylation is 1. The van der Waals surface area contributed by atoms with E-state index >= 15 is 0 Å². The SMILES string of the molecule is CCN(Cc1cnn(CC)c1)C(=O)CN1C(=O)C2(COc3ccc(F)cc3)CC2c2ccccc21. The number of aromatic nitrogens is 2. The lowest BCUT2D eigenvalue weighted by molar-refractivity contribution is -0.133. The smallest absolute Gasteiger partial charge is 0.242 e. The zero-order valence-corrected chi connectivity index (χ0v) is 20.0. The summed E-state index contributed by atoms with van der Waals surface area (Å²) in [5.41, 5.74) is 2.11. The van der Waals surface area contributed by atoms with Crippen LogP contribution in [0.25, 0.3) is 0 Å². The lowest BCUT2D eigenvalue weighted by atomic mass is 9.92. The zero-order valence-electron chi connectivity index (χ0n) is 20.0. The first-order valence-corrected chi connectivity index (χ1v) is 12.0. The maximum absolute atomic E-state index is 13.8. The fourth-order valence-electron chi connectivity index (χ4n) is 4.97. The quantitative estimate of drug-likeness (QED) is 0.468. The molecule has 1 fully saturated rings. The molecule has 0 saturated heterocycles. The molecule has 1 saturated carbocycles. The Morgan fingerprint density at radius 2 is 1.97 bits per heavy atom. The highest BCUT2D eigenvalue weighted by molar-refractivity contribution is 6.07. The summed E-state index contributed by atoms with van der Waals surface area (Å²) in [6.45, 7) is 5.85. The monoisotopic (exact) mass is 476 g/mol. The average molecular weight is 477 g/mol. The molecule has 2 aliphatic rings. The number of anilines is 1. The van der Waals surface area contributed by atoms with E-state index in [9.17, 15) is 14.0 Å². The number of likely N-dealkylation sites (N-methyl/N-ethyl adjacent to an activating group) is 1. The van der Waals surface area contributed by atoms with Gasteiger partial charge in [0.15, 0.2) is 0 Å². The summed E-state index contributed by atoms with van der Waals surface area (Å²) in [4.78, 5) is 30.5. The summed E-state index contributed by atoms with van der Waals surface area (Å²) in [6.07, 6.45) is 4.38. The molecule has 35 heavy (non-hydrogen) atoms. The van der Waals surface area contributed by atoms with Crippen molar-refractivity contribution in [3.63, 3.8) is 0 Å². The van der Waals surface area contributed by atoms with Crippen LogP contribution in [0.1, 0.15) is 37.3 Å². The van der Waals surface area contributed by atoms with Gasteiger partial charge in [-0.05, 0) is 56.2 Å². The van der Waals surface area contributed by atoms with E-state index in [-0.39, 0.29) is 36.7 Å². The number of ether oxygens (including phenoxy) is 1. The third kappa shape index (κ3) is 4.29. The van der Waals surface area contributed by atoms with Gasteiger partial charge in [0, 0.05) is 43.0 Å². The van der Waals surface area contributed by atoms with E-state index in [4.69, 9.17) is 4.74 Å². The molecule has 0 radical (unpaired) electrons. The van der Waals surface area contributed by atoms with Crippen LogP contribution in [-0.4, -0.2) is 46.2 Å². The van der Waals surface area contributed by atoms with Crippen LogP contribution in [0.15, 0.2) is 60.9 Å². The maximum atomic E-state index is 13.8. The van der Waals surface area contributed by atoms with Crippen LogP contribution in [0.2, 0.25) is 0 Å². The molecule has 2 amide bonds. The maximum Gasteiger partial charge on any atom is 0.242 e. The summed E-state index contributed by atoms with van der Waals surface area (Å²) < 4.78 is 21.0. The first-order valence-electron chi connectivity index (χ1n) is 12.0. The van der Waals surface area contributed by atoms with Gasteiger partial charge in [-0.2, -0.15) is 5.10 Å². The number of para-hydroxylation sites is 1. The lowest BCUT2D eigenvalue weighted by Crippen LogP contribution is -2.49. The first-order chi connectivity index (χ1) is 16.9. The van der Waals surface area contributed by atoms with Crippen molar-refractivity contribution in [1.82, 2.24) is 14.7 Å².